The van der Waals surface area contributed by atoms with Crippen molar-refractivity contribution >= 4 is 26.1 Å². The lowest BCUT2D eigenvalue weighted by molar-refractivity contribution is -0.139. The summed E-state index contributed by atoms with van der Waals surface area (Å²) in [5, 5.41) is 0. The zero-order valence-corrected chi connectivity index (χ0v) is 23.1. The highest BCUT2D eigenvalue weighted by atomic mass is 32.2. The molecular weight excluding hydrogens is 502 g/mol. The zero-order valence-electron chi connectivity index (χ0n) is 21.5. The number of ether oxygens (including phenoxy) is 1. The molecule has 0 saturated carbocycles. The molecule has 2 aromatic rings. The summed E-state index contributed by atoms with van der Waals surface area (Å²) in [5.74, 6) is -0.723. The van der Waals surface area contributed by atoms with Gasteiger partial charge in [0.25, 0.3) is 10.1 Å². The van der Waals surface area contributed by atoms with Crippen molar-refractivity contribution in [1.82, 2.24) is 4.72 Å². The molecule has 0 fully saturated rings. The van der Waals surface area contributed by atoms with Crippen LogP contribution in [0.3, 0.4) is 0 Å². The SMILES string of the molecule is Cc1cc(C)c(S(=O)(=O)N[C@@H](CC(C)C)[C@H](/C=C/C(=O)OCc2ccccc2)OS(C)(=O)=O)c(C)c1. The molecule has 0 spiro atoms. The molecule has 0 bridgehead atoms. The monoisotopic (exact) mass is 537 g/mol. The third-order valence-corrected chi connectivity index (χ3v) is 7.60. The van der Waals surface area contributed by atoms with Crippen LogP contribution < -0.4 is 4.72 Å². The van der Waals surface area contributed by atoms with Crippen molar-refractivity contribution in [2.45, 2.75) is 64.7 Å². The average molecular weight is 538 g/mol. The van der Waals surface area contributed by atoms with E-state index >= 15 is 0 Å². The number of hydrogen-bond acceptors (Lipinski definition) is 7. The Morgan fingerprint density at radius 3 is 2.11 bits per heavy atom. The fourth-order valence-corrected chi connectivity index (χ4v) is 6.31. The maximum Gasteiger partial charge on any atom is 0.330 e. The van der Waals surface area contributed by atoms with Gasteiger partial charge in [0, 0.05) is 6.08 Å². The molecule has 0 aliphatic rings. The van der Waals surface area contributed by atoms with Crippen LogP contribution in [0.25, 0.3) is 0 Å². The van der Waals surface area contributed by atoms with Crippen LogP contribution in [-0.2, 0) is 40.5 Å². The maximum atomic E-state index is 13.4. The molecule has 10 heteroatoms. The normalized spacial score (nSPS) is 14.2. The van der Waals surface area contributed by atoms with Crippen LogP contribution in [0.1, 0.15) is 42.5 Å². The van der Waals surface area contributed by atoms with Gasteiger partial charge in [0.15, 0.2) is 0 Å². The first kappa shape index (κ1) is 29.7. The Balaban J connectivity index is 2.34. The van der Waals surface area contributed by atoms with Crippen molar-refractivity contribution in [3.63, 3.8) is 0 Å². The molecular formula is C26H35NO7S2. The van der Waals surface area contributed by atoms with Crippen molar-refractivity contribution in [2.75, 3.05) is 6.26 Å². The number of carbonyl (C=O) groups is 1. The van der Waals surface area contributed by atoms with E-state index in [2.05, 4.69) is 4.72 Å². The van der Waals surface area contributed by atoms with Gasteiger partial charge in [-0.25, -0.2) is 17.9 Å². The van der Waals surface area contributed by atoms with Gasteiger partial charge < -0.3 is 4.74 Å². The number of rotatable bonds is 12. The lowest BCUT2D eigenvalue weighted by Crippen LogP contribution is -2.45. The second kappa shape index (κ2) is 12.6. The van der Waals surface area contributed by atoms with Gasteiger partial charge in [-0.3, -0.25) is 4.18 Å². The van der Waals surface area contributed by atoms with Crippen LogP contribution in [0.2, 0.25) is 0 Å². The van der Waals surface area contributed by atoms with Gasteiger partial charge in [0.2, 0.25) is 10.0 Å². The molecule has 0 amide bonds. The molecule has 0 heterocycles. The summed E-state index contributed by atoms with van der Waals surface area (Å²) in [4.78, 5) is 12.4. The largest absolute Gasteiger partial charge is 0.458 e. The summed E-state index contributed by atoms with van der Waals surface area (Å²) in [6, 6.07) is 11.6. The molecule has 0 unspecified atom stereocenters. The van der Waals surface area contributed by atoms with Crippen LogP contribution in [0.5, 0.6) is 0 Å². The number of aryl methyl sites for hydroxylation is 3. The molecule has 0 aliphatic heterocycles. The molecule has 2 aromatic carbocycles. The Kier molecular flexibility index (Phi) is 10.4. The van der Waals surface area contributed by atoms with E-state index < -0.39 is 38.3 Å². The van der Waals surface area contributed by atoms with Gasteiger partial charge >= 0.3 is 5.97 Å². The minimum absolute atomic E-state index is 0.0120. The second-order valence-corrected chi connectivity index (χ2v) is 12.6. The topological polar surface area (TPSA) is 116 Å². The van der Waals surface area contributed by atoms with E-state index in [4.69, 9.17) is 8.92 Å². The quantitative estimate of drug-likeness (QED) is 0.248. The van der Waals surface area contributed by atoms with E-state index in [1.807, 2.05) is 39.0 Å². The van der Waals surface area contributed by atoms with E-state index in [0.29, 0.717) is 11.1 Å². The van der Waals surface area contributed by atoms with Crippen LogP contribution in [0.4, 0.5) is 0 Å². The van der Waals surface area contributed by atoms with Gasteiger partial charge in [0.1, 0.15) is 12.7 Å². The summed E-state index contributed by atoms with van der Waals surface area (Å²) in [6.07, 6.45) is 2.14. The standard InChI is InChI=1S/C26H35NO7S2/c1-18(2)14-23(27-36(31,32)26-20(4)15-19(3)16-21(26)5)24(34-35(6,29)30)12-13-25(28)33-17-22-10-8-7-9-11-22/h7-13,15-16,18,23-24,27H,14,17H2,1-6H3/b13-12+/t23-,24-/m0/s1. The highest BCUT2D eigenvalue weighted by molar-refractivity contribution is 7.89. The summed E-state index contributed by atoms with van der Waals surface area (Å²) in [7, 11) is -8.03. The zero-order chi connectivity index (χ0) is 27.1. The van der Waals surface area contributed by atoms with Gasteiger partial charge in [-0.1, -0.05) is 61.9 Å². The number of carbonyl (C=O) groups excluding carboxylic acids is 1. The number of benzene rings is 2. The number of sulfonamides is 1. The van der Waals surface area contributed by atoms with Crippen molar-refractivity contribution in [3.8, 4) is 0 Å². The Hall–Kier alpha value is -2.53. The third kappa shape index (κ3) is 9.50. The highest BCUT2D eigenvalue weighted by Crippen LogP contribution is 2.24. The molecule has 2 atom stereocenters. The van der Waals surface area contributed by atoms with E-state index in [1.54, 1.807) is 38.1 Å². The Labute approximate surface area is 214 Å². The van der Waals surface area contributed by atoms with Crippen LogP contribution in [0, 0.1) is 26.7 Å². The predicted molar refractivity (Wildman–Crippen MR) is 139 cm³/mol. The van der Waals surface area contributed by atoms with Crippen molar-refractivity contribution in [2.24, 2.45) is 5.92 Å². The van der Waals surface area contributed by atoms with Gasteiger partial charge in [-0.05, 0) is 55.9 Å². The number of hydrogen-bond donors (Lipinski definition) is 1. The highest BCUT2D eigenvalue weighted by Gasteiger charge is 2.31. The Bertz CT molecular complexity index is 1260. The van der Waals surface area contributed by atoms with Crippen molar-refractivity contribution < 1.29 is 30.6 Å². The molecule has 198 valence electrons. The van der Waals surface area contributed by atoms with Crippen molar-refractivity contribution in [1.29, 1.82) is 0 Å². The average Bonchev–Trinajstić information content (AvgIpc) is 2.73. The summed E-state index contributed by atoms with van der Waals surface area (Å²) in [6.45, 7) is 9.08. The lowest BCUT2D eigenvalue weighted by Gasteiger charge is -2.27. The molecule has 36 heavy (non-hydrogen) atoms. The van der Waals surface area contributed by atoms with Crippen LogP contribution >= 0.6 is 0 Å². The first-order valence-electron chi connectivity index (χ1n) is 11.5. The minimum Gasteiger partial charge on any atom is -0.458 e. The van der Waals surface area contributed by atoms with E-state index in [9.17, 15) is 21.6 Å². The van der Waals surface area contributed by atoms with Gasteiger partial charge in [-0.2, -0.15) is 8.42 Å². The summed E-state index contributed by atoms with van der Waals surface area (Å²) >= 11 is 0. The Morgan fingerprint density at radius 2 is 1.58 bits per heavy atom. The summed E-state index contributed by atoms with van der Waals surface area (Å²) in [5.41, 5.74) is 2.86. The fourth-order valence-electron chi connectivity index (χ4n) is 3.99. The number of esters is 1. The predicted octanol–water partition coefficient (Wildman–Crippen LogP) is 3.95. The molecule has 0 aromatic heterocycles. The smallest absolute Gasteiger partial charge is 0.330 e. The minimum atomic E-state index is -4.04. The molecule has 2 rings (SSSR count). The van der Waals surface area contributed by atoms with Gasteiger partial charge in [0.05, 0.1) is 17.2 Å². The summed E-state index contributed by atoms with van der Waals surface area (Å²) < 4.78 is 63.9. The number of nitrogens with one attached hydrogen (secondary N) is 1. The van der Waals surface area contributed by atoms with Gasteiger partial charge in [-0.15, -0.1) is 0 Å². The molecule has 8 nitrogen and oxygen atoms in total. The maximum absolute atomic E-state index is 13.4. The molecule has 0 radical (unpaired) electrons. The van der Waals surface area contributed by atoms with E-state index in [-0.39, 0.29) is 23.8 Å². The van der Waals surface area contributed by atoms with Crippen LogP contribution in [0.15, 0.2) is 59.5 Å². The van der Waals surface area contributed by atoms with Crippen molar-refractivity contribution in [3.05, 3.63) is 76.9 Å². The third-order valence-electron chi connectivity index (χ3n) is 5.23. The first-order chi connectivity index (χ1) is 16.7. The van der Waals surface area contributed by atoms with E-state index in [1.165, 1.54) is 6.08 Å². The fraction of sp³-hybridized carbons (Fsp3) is 0.423. The van der Waals surface area contributed by atoms with Crippen LogP contribution in [-0.4, -0.2) is 41.2 Å². The molecule has 0 saturated heterocycles. The Morgan fingerprint density at radius 1 is 1.00 bits per heavy atom. The second-order valence-electron chi connectivity index (χ2n) is 9.30. The van der Waals surface area contributed by atoms with E-state index in [0.717, 1.165) is 23.5 Å². The molecule has 1 N–H and O–H groups in total. The first-order valence-corrected chi connectivity index (χ1v) is 14.8. The molecule has 0 aliphatic carbocycles. The lowest BCUT2D eigenvalue weighted by atomic mass is 10.00.